The van der Waals surface area contributed by atoms with Gasteiger partial charge in [0, 0.05) is 24.6 Å². The van der Waals surface area contributed by atoms with Crippen LogP contribution in [-0.4, -0.2) is 25.5 Å². The first-order valence-electron chi connectivity index (χ1n) is 7.83. The van der Waals surface area contributed by atoms with Crippen molar-refractivity contribution in [2.75, 3.05) is 24.4 Å². The van der Waals surface area contributed by atoms with Crippen LogP contribution >= 0.6 is 0 Å². The molecule has 2 rings (SSSR count). The Labute approximate surface area is 153 Å². The molecule has 0 saturated heterocycles. The lowest BCUT2D eigenvalue weighted by atomic mass is 10.1. The molecule has 2 aromatic rings. The van der Waals surface area contributed by atoms with Gasteiger partial charge in [-0.2, -0.15) is 13.2 Å². The van der Waals surface area contributed by atoms with Crippen LogP contribution in [-0.2, 0) is 20.5 Å². The molecule has 0 aromatic heterocycles. The third-order valence-corrected chi connectivity index (χ3v) is 3.35. The topological polar surface area (TPSA) is 67.4 Å². The molecule has 2 N–H and O–H groups in total. The Morgan fingerprint density at radius 2 is 1.67 bits per heavy atom. The van der Waals surface area contributed by atoms with E-state index in [0.717, 1.165) is 12.1 Å². The number of rotatable bonds is 6. The molecule has 0 atom stereocenters. The van der Waals surface area contributed by atoms with Gasteiger partial charge in [0.1, 0.15) is 6.61 Å². The van der Waals surface area contributed by atoms with Crippen molar-refractivity contribution in [3.05, 3.63) is 65.7 Å². The van der Waals surface area contributed by atoms with E-state index in [0.29, 0.717) is 16.9 Å². The summed E-state index contributed by atoms with van der Waals surface area (Å²) in [7, 11) is 1.40. The number of hydrogen-bond acceptors (Lipinski definition) is 3. The minimum absolute atomic E-state index is 0.0908. The molecule has 142 valence electrons. The van der Waals surface area contributed by atoms with Crippen LogP contribution in [0, 0.1) is 0 Å². The lowest BCUT2D eigenvalue weighted by Gasteiger charge is -2.07. The maximum Gasteiger partial charge on any atom is 0.416 e. The average Bonchev–Trinajstić information content (AvgIpc) is 2.60. The molecule has 0 aliphatic rings. The standard InChI is InChI=1S/C19H17F3N2O3/c1-27-12-18(26)24-16-4-2-3-15(11-16)23-17(25)10-7-13-5-8-14(9-6-13)19(20,21)22/h2-11H,12H2,1H3,(H,23,25)(H,24,26)/b10-7+. The number of carbonyl (C=O) groups is 2. The minimum Gasteiger partial charge on any atom is -0.375 e. The molecule has 0 saturated carbocycles. The third-order valence-electron chi connectivity index (χ3n) is 3.35. The van der Waals surface area contributed by atoms with E-state index in [1.54, 1.807) is 24.3 Å². The van der Waals surface area contributed by atoms with E-state index in [2.05, 4.69) is 10.6 Å². The maximum absolute atomic E-state index is 12.5. The van der Waals surface area contributed by atoms with Crippen molar-refractivity contribution >= 4 is 29.3 Å². The van der Waals surface area contributed by atoms with Crippen LogP contribution in [0.4, 0.5) is 24.5 Å². The molecule has 2 amide bonds. The van der Waals surface area contributed by atoms with Gasteiger partial charge in [0.2, 0.25) is 11.8 Å². The fraction of sp³-hybridized carbons (Fsp3) is 0.158. The van der Waals surface area contributed by atoms with Gasteiger partial charge in [-0.25, -0.2) is 0 Å². The van der Waals surface area contributed by atoms with E-state index >= 15 is 0 Å². The van der Waals surface area contributed by atoms with Gasteiger partial charge in [-0.15, -0.1) is 0 Å². The van der Waals surface area contributed by atoms with Gasteiger partial charge in [-0.3, -0.25) is 9.59 Å². The van der Waals surface area contributed by atoms with Crippen LogP contribution in [0.2, 0.25) is 0 Å². The summed E-state index contributed by atoms with van der Waals surface area (Å²) in [5.41, 5.74) is 0.643. The predicted molar refractivity (Wildman–Crippen MR) is 96.1 cm³/mol. The lowest BCUT2D eigenvalue weighted by Crippen LogP contribution is -2.17. The first-order chi connectivity index (χ1) is 12.8. The van der Waals surface area contributed by atoms with Gasteiger partial charge in [0.25, 0.3) is 0 Å². The van der Waals surface area contributed by atoms with Crippen LogP contribution in [0.3, 0.4) is 0 Å². The number of nitrogens with one attached hydrogen (secondary N) is 2. The van der Waals surface area contributed by atoms with Crippen molar-refractivity contribution in [1.82, 2.24) is 0 Å². The van der Waals surface area contributed by atoms with Crippen LogP contribution in [0.25, 0.3) is 6.08 Å². The molecule has 5 nitrogen and oxygen atoms in total. The highest BCUT2D eigenvalue weighted by atomic mass is 19.4. The third kappa shape index (κ3) is 6.59. The number of benzene rings is 2. The van der Waals surface area contributed by atoms with Crippen molar-refractivity contribution in [1.29, 1.82) is 0 Å². The number of halogens is 3. The molecule has 8 heteroatoms. The zero-order chi connectivity index (χ0) is 19.9. The quantitative estimate of drug-likeness (QED) is 0.748. The molecule has 0 fully saturated rings. The second-order valence-electron chi connectivity index (χ2n) is 5.50. The normalized spacial score (nSPS) is 11.4. The monoisotopic (exact) mass is 378 g/mol. The second-order valence-corrected chi connectivity index (χ2v) is 5.50. The Balaban J connectivity index is 1.97. The van der Waals surface area contributed by atoms with Crippen LogP contribution in [0.1, 0.15) is 11.1 Å². The Hall–Kier alpha value is -3.13. The summed E-state index contributed by atoms with van der Waals surface area (Å²) >= 11 is 0. The minimum atomic E-state index is -4.40. The highest BCUT2D eigenvalue weighted by Gasteiger charge is 2.29. The van der Waals surface area contributed by atoms with Gasteiger partial charge in [0.05, 0.1) is 5.56 Å². The second kappa shape index (κ2) is 9.00. The first-order valence-corrected chi connectivity index (χ1v) is 7.83. The maximum atomic E-state index is 12.5. The SMILES string of the molecule is COCC(=O)Nc1cccc(NC(=O)/C=C/c2ccc(C(F)(F)F)cc2)c1. The molecule has 27 heavy (non-hydrogen) atoms. The summed E-state index contributed by atoms with van der Waals surface area (Å²) in [6.07, 6.45) is -1.79. The number of alkyl halides is 3. The predicted octanol–water partition coefficient (Wildman–Crippen LogP) is 3.94. The number of ether oxygens (including phenoxy) is 1. The Bertz CT molecular complexity index is 831. The number of methoxy groups -OCH3 is 1. The molecular formula is C19H17F3N2O3. The van der Waals surface area contributed by atoms with Gasteiger partial charge in [0.15, 0.2) is 0 Å². The van der Waals surface area contributed by atoms with Crippen molar-refractivity contribution in [2.45, 2.75) is 6.18 Å². The van der Waals surface area contributed by atoms with Crippen LogP contribution in [0.5, 0.6) is 0 Å². The molecular weight excluding hydrogens is 361 g/mol. The van der Waals surface area contributed by atoms with Crippen LogP contribution < -0.4 is 10.6 Å². The smallest absolute Gasteiger partial charge is 0.375 e. The largest absolute Gasteiger partial charge is 0.416 e. The summed E-state index contributed by atoms with van der Waals surface area (Å²) < 4.78 is 42.3. The molecule has 0 bridgehead atoms. The summed E-state index contributed by atoms with van der Waals surface area (Å²) in [5, 5.41) is 5.21. The summed E-state index contributed by atoms with van der Waals surface area (Å²) in [6, 6.07) is 11.0. The zero-order valence-corrected chi connectivity index (χ0v) is 14.3. The molecule has 0 spiro atoms. The molecule has 0 heterocycles. The molecule has 0 aliphatic heterocycles. The summed E-state index contributed by atoms with van der Waals surface area (Å²) in [4.78, 5) is 23.4. The molecule has 0 radical (unpaired) electrons. The van der Waals surface area contributed by atoms with Crippen LogP contribution in [0.15, 0.2) is 54.6 Å². The van der Waals surface area contributed by atoms with E-state index < -0.39 is 17.6 Å². The van der Waals surface area contributed by atoms with Crippen molar-refractivity contribution in [3.8, 4) is 0 Å². The van der Waals surface area contributed by atoms with Crippen molar-refractivity contribution in [2.24, 2.45) is 0 Å². The van der Waals surface area contributed by atoms with Gasteiger partial charge in [-0.1, -0.05) is 18.2 Å². The van der Waals surface area contributed by atoms with Gasteiger partial charge >= 0.3 is 6.18 Å². The van der Waals surface area contributed by atoms with E-state index in [4.69, 9.17) is 4.74 Å². The first kappa shape index (κ1) is 20.2. The molecule has 0 unspecified atom stereocenters. The van der Waals surface area contributed by atoms with E-state index in [-0.39, 0.29) is 12.5 Å². The highest BCUT2D eigenvalue weighted by molar-refractivity contribution is 6.02. The molecule has 0 aliphatic carbocycles. The van der Waals surface area contributed by atoms with Gasteiger partial charge in [-0.05, 0) is 42.0 Å². The lowest BCUT2D eigenvalue weighted by molar-refractivity contribution is -0.137. The summed E-state index contributed by atoms with van der Waals surface area (Å²) in [5.74, 6) is -0.793. The van der Waals surface area contributed by atoms with E-state index in [1.165, 1.54) is 31.4 Å². The van der Waals surface area contributed by atoms with Crippen molar-refractivity contribution < 1.29 is 27.5 Å². The fourth-order valence-electron chi connectivity index (χ4n) is 2.14. The Kier molecular flexibility index (Phi) is 6.73. The number of anilines is 2. The zero-order valence-electron chi connectivity index (χ0n) is 14.3. The molecule has 2 aromatic carbocycles. The number of carbonyl (C=O) groups excluding carboxylic acids is 2. The van der Waals surface area contributed by atoms with Gasteiger partial charge < -0.3 is 15.4 Å². The Morgan fingerprint density at radius 1 is 1.04 bits per heavy atom. The summed E-state index contributed by atoms with van der Waals surface area (Å²) in [6.45, 7) is -0.0908. The highest BCUT2D eigenvalue weighted by Crippen LogP contribution is 2.29. The van der Waals surface area contributed by atoms with Crippen molar-refractivity contribution in [3.63, 3.8) is 0 Å². The van der Waals surface area contributed by atoms with E-state index in [1.807, 2.05) is 0 Å². The van der Waals surface area contributed by atoms with E-state index in [9.17, 15) is 22.8 Å². The number of hydrogen-bond donors (Lipinski definition) is 2. The average molecular weight is 378 g/mol. The Morgan fingerprint density at radius 3 is 2.26 bits per heavy atom. The fourth-order valence-corrected chi connectivity index (χ4v) is 2.14. The number of amides is 2.